The van der Waals surface area contributed by atoms with Gasteiger partial charge in [0.1, 0.15) is 12.4 Å². The van der Waals surface area contributed by atoms with Gasteiger partial charge in [0.2, 0.25) is 0 Å². The number of carboxylic acids is 1. The second-order valence-electron chi connectivity index (χ2n) is 5.22. The van der Waals surface area contributed by atoms with Crippen molar-refractivity contribution in [2.75, 3.05) is 6.61 Å². The van der Waals surface area contributed by atoms with Gasteiger partial charge < -0.3 is 14.4 Å². The number of aromatic nitrogens is 2. The molecule has 0 radical (unpaired) electrons. The van der Waals surface area contributed by atoms with Crippen LogP contribution in [0.25, 0.3) is 0 Å². The minimum Gasteiger partial charge on any atom is -0.491 e. The first kappa shape index (κ1) is 17.0. The molecule has 23 heavy (non-hydrogen) atoms. The molecule has 1 aromatic carbocycles. The highest BCUT2D eigenvalue weighted by Crippen LogP contribution is 2.15. The van der Waals surface area contributed by atoms with Gasteiger partial charge in [0.25, 0.3) is 10.0 Å². The monoisotopic (exact) mass is 339 g/mol. The number of aliphatic carboxylic acids is 1. The summed E-state index contributed by atoms with van der Waals surface area (Å²) in [7, 11) is -2.48. The zero-order chi connectivity index (χ0) is 17.1. The van der Waals surface area contributed by atoms with Gasteiger partial charge in [-0.15, -0.1) is 0 Å². The summed E-state index contributed by atoms with van der Waals surface area (Å²) in [4.78, 5) is 15.3. The maximum Gasteiger partial charge on any atom is 0.328 e. The van der Waals surface area contributed by atoms with E-state index in [0.717, 1.165) is 0 Å². The fraction of sp³-hybridized carbons (Fsp3) is 0.286. The van der Waals surface area contributed by atoms with Crippen molar-refractivity contribution in [3.63, 3.8) is 0 Å². The first-order valence-corrected chi connectivity index (χ1v) is 8.14. The van der Waals surface area contributed by atoms with E-state index in [4.69, 9.17) is 4.74 Å². The van der Waals surface area contributed by atoms with E-state index >= 15 is 0 Å². The van der Waals surface area contributed by atoms with Crippen LogP contribution in [0.15, 0.2) is 47.9 Å². The summed E-state index contributed by atoms with van der Waals surface area (Å²) in [6.07, 6.45) is 2.59. The topological polar surface area (TPSA) is 111 Å². The molecular formula is C14H17N3O5S. The molecule has 0 saturated heterocycles. The highest BCUT2D eigenvalue weighted by atomic mass is 32.2. The van der Waals surface area contributed by atoms with E-state index in [1.807, 2.05) is 0 Å². The Morgan fingerprint density at radius 2 is 2.04 bits per heavy atom. The Bertz CT molecular complexity index is 788. The van der Waals surface area contributed by atoms with E-state index in [1.165, 1.54) is 24.0 Å². The van der Waals surface area contributed by atoms with Gasteiger partial charge in [-0.2, -0.15) is 4.72 Å². The predicted octanol–water partition coefficient (Wildman–Crippen LogP) is 0.621. The maximum atomic E-state index is 12.3. The molecule has 1 atom stereocenters. The average molecular weight is 339 g/mol. The molecule has 0 aliphatic rings. The standard InChI is InChI=1S/C14H17N3O5S/c1-14(13(18)19,9-22-11-6-4-3-5-7-11)16-23(20,21)12-8-17(2)10-15-12/h3-8,10,16H,9H2,1-2H3,(H,18,19). The molecule has 0 aliphatic carbocycles. The third kappa shape index (κ3) is 4.08. The van der Waals surface area contributed by atoms with E-state index in [2.05, 4.69) is 9.71 Å². The second-order valence-corrected chi connectivity index (χ2v) is 6.85. The van der Waals surface area contributed by atoms with Crippen LogP contribution in [0.1, 0.15) is 6.92 Å². The van der Waals surface area contributed by atoms with Gasteiger partial charge in [-0.25, -0.2) is 13.4 Å². The summed E-state index contributed by atoms with van der Waals surface area (Å²) < 4.78 is 33.5. The van der Waals surface area contributed by atoms with Gasteiger partial charge >= 0.3 is 5.97 Å². The maximum absolute atomic E-state index is 12.3. The molecule has 1 aromatic heterocycles. The number of carbonyl (C=O) groups is 1. The molecule has 2 aromatic rings. The lowest BCUT2D eigenvalue weighted by Crippen LogP contribution is -2.56. The summed E-state index contributed by atoms with van der Waals surface area (Å²) in [6.45, 7) is 0.858. The van der Waals surface area contributed by atoms with Crippen LogP contribution in [0.2, 0.25) is 0 Å². The van der Waals surface area contributed by atoms with Crippen LogP contribution in [-0.4, -0.2) is 41.2 Å². The lowest BCUT2D eigenvalue weighted by atomic mass is 10.1. The Hall–Kier alpha value is -2.39. The molecule has 124 valence electrons. The van der Waals surface area contributed by atoms with Gasteiger partial charge in [-0.3, -0.25) is 4.79 Å². The zero-order valence-corrected chi connectivity index (χ0v) is 13.4. The van der Waals surface area contributed by atoms with Crippen molar-refractivity contribution in [2.24, 2.45) is 7.05 Å². The number of benzene rings is 1. The van der Waals surface area contributed by atoms with Gasteiger partial charge in [0, 0.05) is 13.2 Å². The first-order chi connectivity index (χ1) is 10.7. The number of rotatable bonds is 7. The summed E-state index contributed by atoms with van der Waals surface area (Å²) >= 11 is 0. The van der Waals surface area contributed by atoms with Crippen molar-refractivity contribution in [1.82, 2.24) is 14.3 Å². The Morgan fingerprint density at radius 1 is 1.39 bits per heavy atom. The lowest BCUT2D eigenvalue weighted by molar-refractivity contribution is -0.144. The molecule has 1 unspecified atom stereocenters. The number of sulfonamides is 1. The van der Waals surface area contributed by atoms with Crippen LogP contribution in [0.5, 0.6) is 5.75 Å². The van der Waals surface area contributed by atoms with Crippen LogP contribution < -0.4 is 9.46 Å². The van der Waals surface area contributed by atoms with Crippen LogP contribution in [-0.2, 0) is 21.9 Å². The van der Waals surface area contributed by atoms with Crippen LogP contribution >= 0.6 is 0 Å². The minimum atomic E-state index is -4.09. The van der Waals surface area contributed by atoms with Crippen molar-refractivity contribution in [3.8, 4) is 5.75 Å². The molecule has 0 fully saturated rings. The largest absolute Gasteiger partial charge is 0.491 e. The molecule has 0 bridgehead atoms. The van der Waals surface area contributed by atoms with E-state index in [0.29, 0.717) is 5.75 Å². The minimum absolute atomic E-state index is 0.257. The molecule has 1 heterocycles. The Morgan fingerprint density at radius 3 is 2.57 bits per heavy atom. The molecule has 2 N–H and O–H groups in total. The number of hydrogen-bond acceptors (Lipinski definition) is 5. The van der Waals surface area contributed by atoms with Crippen LogP contribution in [0.4, 0.5) is 0 Å². The molecular weight excluding hydrogens is 322 g/mol. The quantitative estimate of drug-likeness (QED) is 0.765. The lowest BCUT2D eigenvalue weighted by Gasteiger charge is -2.25. The number of aryl methyl sites for hydroxylation is 1. The Kier molecular flexibility index (Phi) is 4.71. The van der Waals surface area contributed by atoms with Crippen molar-refractivity contribution in [1.29, 1.82) is 0 Å². The molecule has 0 amide bonds. The average Bonchev–Trinajstić information content (AvgIpc) is 2.93. The molecule has 0 saturated carbocycles. The van der Waals surface area contributed by atoms with E-state index < -0.39 is 21.5 Å². The van der Waals surface area contributed by atoms with Crippen LogP contribution in [0.3, 0.4) is 0 Å². The number of ether oxygens (including phenoxy) is 1. The van der Waals surface area contributed by atoms with Crippen molar-refractivity contribution in [2.45, 2.75) is 17.5 Å². The van der Waals surface area contributed by atoms with Crippen molar-refractivity contribution in [3.05, 3.63) is 42.9 Å². The van der Waals surface area contributed by atoms with Gasteiger partial charge in [0.15, 0.2) is 10.6 Å². The van der Waals surface area contributed by atoms with Gasteiger partial charge in [-0.05, 0) is 19.1 Å². The number of imidazole rings is 1. The summed E-state index contributed by atoms with van der Waals surface area (Å²) in [5.74, 6) is -0.912. The third-order valence-corrected chi connectivity index (χ3v) is 4.54. The number of para-hydroxylation sites is 1. The number of nitrogens with one attached hydrogen (secondary N) is 1. The van der Waals surface area contributed by atoms with Crippen molar-refractivity contribution < 1.29 is 23.1 Å². The Labute approximate surface area is 133 Å². The molecule has 9 heteroatoms. The Balaban J connectivity index is 2.18. The smallest absolute Gasteiger partial charge is 0.328 e. The zero-order valence-electron chi connectivity index (χ0n) is 12.6. The normalized spacial score (nSPS) is 14.2. The first-order valence-electron chi connectivity index (χ1n) is 6.66. The highest BCUT2D eigenvalue weighted by molar-refractivity contribution is 7.89. The van der Waals surface area contributed by atoms with Crippen LogP contribution in [0, 0.1) is 0 Å². The summed E-state index contributed by atoms with van der Waals surface area (Å²) in [5.41, 5.74) is -1.84. The third-order valence-electron chi connectivity index (χ3n) is 3.06. The number of carboxylic acid groups (broad SMARTS) is 1. The number of nitrogens with zero attached hydrogens (tertiary/aromatic N) is 2. The summed E-state index contributed by atoms with van der Waals surface area (Å²) in [6, 6.07) is 8.54. The van der Waals surface area contributed by atoms with Gasteiger partial charge in [0.05, 0.1) is 6.33 Å². The van der Waals surface area contributed by atoms with Crippen molar-refractivity contribution >= 4 is 16.0 Å². The van der Waals surface area contributed by atoms with E-state index in [1.54, 1.807) is 37.4 Å². The molecule has 8 nitrogen and oxygen atoms in total. The van der Waals surface area contributed by atoms with E-state index in [-0.39, 0.29) is 11.6 Å². The molecule has 0 spiro atoms. The fourth-order valence-corrected chi connectivity index (χ4v) is 3.09. The summed E-state index contributed by atoms with van der Waals surface area (Å²) in [5, 5.41) is 9.14. The second kappa shape index (κ2) is 6.39. The predicted molar refractivity (Wildman–Crippen MR) is 81.5 cm³/mol. The van der Waals surface area contributed by atoms with Gasteiger partial charge in [-0.1, -0.05) is 18.2 Å². The van der Waals surface area contributed by atoms with E-state index in [9.17, 15) is 18.3 Å². The molecule has 0 aliphatic heterocycles. The number of hydrogen-bond donors (Lipinski definition) is 2. The fourth-order valence-electron chi connectivity index (χ4n) is 1.76. The SMILES string of the molecule is Cn1cnc(S(=O)(=O)NC(C)(COc2ccccc2)C(=O)O)c1. The molecule has 2 rings (SSSR count). The highest BCUT2D eigenvalue weighted by Gasteiger charge is 2.39.